The third kappa shape index (κ3) is 5.03. The van der Waals surface area contributed by atoms with Crippen LogP contribution < -0.4 is 10.1 Å². The van der Waals surface area contributed by atoms with Gasteiger partial charge in [-0.2, -0.15) is 0 Å². The fourth-order valence-electron chi connectivity index (χ4n) is 3.20. The summed E-state index contributed by atoms with van der Waals surface area (Å²) in [6, 6.07) is 11.2. The number of methoxy groups -OCH3 is 1. The molecule has 0 radical (unpaired) electrons. The van der Waals surface area contributed by atoms with Crippen molar-refractivity contribution in [2.24, 2.45) is 0 Å². The van der Waals surface area contributed by atoms with Gasteiger partial charge in [0.2, 0.25) is 5.91 Å². The Hall–Kier alpha value is -2.68. The molecule has 1 aliphatic heterocycles. The van der Waals surface area contributed by atoms with Crippen molar-refractivity contribution >= 4 is 28.9 Å². The highest BCUT2D eigenvalue weighted by Crippen LogP contribution is 2.30. The molecule has 0 bridgehead atoms. The highest BCUT2D eigenvalue weighted by Gasteiger charge is 2.29. The first-order chi connectivity index (χ1) is 13.9. The van der Waals surface area contributed by atoms with Crippen molar-refractivity contribution in [1.29, 1.82) is 0 Å². The van der Waals surface area contributed by atoms with E-state index in [-0.39, 0.29) is 23.4 Å². The van der Waals surface area contributed by atoms with Crippen LogP contribution >= 0.6 is 11.6 Å². The molecule has 29 heavy (non-hydrogen) atoms. The molecule has 2 aromatic rings. The number of nitrogens with one attached hydrogen (secondary N) is 1. The number of benzene rings is 2. The van der Waals surface area contributed by atoms with E-state index in [1.807, 2.05) is 17.0 Å². The van der Waals surface area contributed by atoms with Crippen LogP contribution in [-0.2, 0) is 9.53 Å². The molecule has 0 unspecified atom stereocenters. The monoisotopic (exact) mass is 419 g/mol. The van der Waals surface area contributed by atoms with Crippen LogP contribution in [0.1, 0.15) is 18.6 Å². The van der Waals surface area contributed by atoms with Gasteiger partial charge < -0.3 is 14.8 Å². The Balaban J connectivity index is 1.70. The number of ether oxygens (including phenoxy) is 2. The number of anilines is 1. The SMILES string of the molecule is COc1ccc(NC(=O)[C@H](C)N2CCO[C@H](c3ccc(Cl)cc3)C2)c([N+](=O)[O-])c1. The predicted molar refractivity (Wildman–Crippen MR) is 109 cm³/mol. The summed E-state index contributed by atoms with van der Waals surface area (Å²) < 4.78 is 10.9. The minimum atomic E-state index is -0.548. The number of nitro groups is 1. The topological polar surface area (TPSA) is 93.9 Å². The highest BCUT2D eigenvalue weighted by atomic mass is 35.5. The summed E-state index contributed by atoms with van der Waals surface area (Å²) in [4.78, 5) is 25.5. The summed E-state index contributed by atoms with van der Waals surface area (Å²) in [5.41, 5.74) is 0.901. The summed E-state index contributed by atoms with van der Waals surface area (Å²) in [5.74, 6) is 0.0248. The van der Waals surface area contributed by atoms with Gasteiger partial charge in [-0.1, -0.05) is 23.7 Å². The summed E-state index contributed by atoms with van der Waals surface area (Å²) >= 11 is 5.94. The molecule has 1 N–H and O–H groups in total. The van der Waals surface area contributed by atoms with Crippen LogP contribution in [0.5, 0.6) is 5.75 Å². The van der Waals surface area contributed by atoms with Crippen molar-refractivity contribution < 1.29 is 19.2 Å². The zero-order valence-electron chi connectivity index (χ0n) is 16.1. The number of carbonyl (C=O) groups is 1. The molecule has 1 saturated heterocycles. The number of halogens is 1. The highest BCUT2D eigenvalue weighted by molar-refractivity contribution is 6.30. The lowest BCUT2D eigenvalue weighted by atomic mass is 10.1. The lowest BCUT2D eigenvalue weighted by Gasteiger charge is -2.36. The van der Waals surface area contributed by atoms with Crippen molar-refractivity contribution in [3.63, 3.8) is 0 Å². The predicted octanol–water partition coefficient (Wildman–Crippen LogP) is 3.66. The summed E-state index contributed by atoms with van der Waals surface area (Å²) in [5, 5.41) is 14.6. The Labute approximate surface area is 173 Å². The first-order valence-electron chi connectivity index (χ1n) is 9.13. The Morgan fingerprint density at radius 2 is 2.07 bits per heavy atom. The summed E-state index contributed by atoms with van der Waals surface area (Å²) in [6.07, 6.45) is -0.174. The maximum Gasteiger partial charge on any atom is 0.296 e. The van der Waals surface area contributed by atoms with E-state index in [9.17, 15) is 14.9 Å². The number of amides is 1. The molecular weight excluding hydrogens is 398 g/mol. The average Bonchev–Trinajstić information content (AvgIpc) is 2.73. The molecule has 154 valence electrons. The van der Waals surface area contributed by atoms with E-state index in [1.165, 1.54) is 19.2 Å². The van der Waals surface area contributed by atoms with E-state index >= 15 is 0 Å². The fourth-order valence-corrected chi connectivity index (χ4v) is 3.32. The van der Waals surface area contributed by atoms with Gasteiger partial charge in [0.25, 0.3) is 5.69 Å². The molecule has 0 spiro atoms. The van der Waals surface area contributed by atoms with Crippen LogP contribution in [0.25, 0.3) is 0 Å². The molecule has 1 heterocycles. The minimum absolute atomic E-state index is 0.134. The Kier molecular flexibility index (Phi) is 6.68. The van der Waals surface area contributed by atoms with Crippen LogP contribution in [0.4, 0.5) is 11.4 Å². The van der Waals surface area contributed by atoms with Gasteiger partial charge in [0.05, 0.1) is 36.9 Å². The van der Waals surface area contributed by atoms with Crippen molar-refractivity contribution in [2.45, 2.75) is 19.1 Å². The average molecular weight is 420 g/mol. The van der Waals surface area contributed by atoms with Gasteiger partial charge in [-0.3, -0.25) is 19.8 Å². The zero-order valence-corrected chi connectivity index (χ0v) is 16.9. The Bertz CT molecular complexity index is 890. The van der Waals surface area contributed by atoms with E-state index in [0.717, 1.165) is 5.56 Å². The Morgan fingerprint density at radius 1 is 1.34 bits per heavy atom. The molecule has 8 nitrogen and oxygen atoms in total. The van der Waals surface area contributed by atoms with E-state index < -0.39 is 11.0 Å². The van der Waals surface area contributed by atoms with Gasteiger partial charge in [-0.05, 0) is 36.8 Å². The largest absolute Gasteiger partial charge is 0.496 e. The first kappa shape index (κ1) is 21.0. The van der Waals surface area contributed by atoms with E-state index in [4.69, 9.17) is 21.1 Å². The number of hydrogen-bond donors (Lipinski definition) is 1. The zero-order chi connectivity index (χ0) is 21.0. The van der Waals surface area contributed by atoms with Gasteiger partial charge in [0.1, 0.15) is 11.4 Å². The third-order valence-corrected chi connectivity index (χ3v) is 5.18. The maximum atomic E-state index is 12.8. The number of nitro benzene ring substituents is 1. The molecule has 9 heteroatoms. The number of morpholine rings is 1. The van der Waals surface area contributed by atoms with E-state index in [2.05, 4.69) is 5.32 Å². The smallest absolute Gasteiger partial charge is 0.296 e. The molecular formula is C20H22ClN3O5. The normalized spacial score (nSPS) is 18.1. The van der Waals surface area contributed by atoms with E-state index in [1.54, 1.807) is 25.1 Å². The van der Waals surface area contributed by atoms with Gasteiger partial charge in [0.15, 0.2) is 0 Å². The second-order valence-corrected chi connectivity index (χ2v) is 7.15. The number of hydrogen-bond acceptors (Lipinski definition) is 6. The van der Waals surface area contributed by atoms with Crippen LogP contribution in [-0.4, -0.2) is 48.6 Å². The second kappa shape index (κ2) is 9.21. The molecule has 1 fully saturated rings. The van der Waals surface area contributed by atoms with Gasteiger partial charge >= 0.3 is 0 Å². The number of nitrogens with zero attached hydrogens (tertiary/aromatic N) is 2. The van der Waals surface area contributed by atoms with Crippen LogP contribution in [0.15, 0.2) is 42.5 Å². The Morgan fingerprint density at radius 3 is 2.72 bits per heavy atom. The van der Waals surface area contributed by atoms with Crippen molar-refractivity contribution in [3.05, 3.63) is 63.2 Å². The minimum Gasteiger partial charge on any atom is -0.496 e. The molecule has 3 rings (SSSR count). The number of carbonyl (C=O) groups excluding carboxylic acids is 1. The van der Waals surface area contributed by atoms with Crippen LogP contribution in [0, 0.1) is 10.1 Å². The summed E-state index contributed by atoms with van der Waals surface area (Å²) in [6.45, 7) is 3.37. The van der Waals surface area contributed by atoms with Gasteiger partial charge in [-0.25, -0.2) is 0 Å². The first-order valence-corrected chi connectivity index (χ1v) is 9.51. The molecule has 0 aliphatic carbocycles. The maximum absolute atomic E-state index is 12.8. The molecule has 1 amide bonds. The van der Waals surface area contributed by atoms with Crippen LogP contribution in [0.2, 0.25) is 5.02 Å². The lowest BCUT2D eigenvalue weighted by Crippen LogP contribution is -2.48. The fraction of sp³-hybridized carbons (Fsp3) is 0.350. The van der Waals surface area contributed by atoms with E-state index in [0.29, 0.717) is 30.5 Å². The standard InChI is InChI=1S/C20H22ClN3O5/c1-13(20(25)22-17-8-7-16(28-2)11-18(17)24(26)27)23-9-10-29-19(12-23)14-3-5-15(21)6-4-14/h3-8,11,13,19H,9-10,12H2,1-2H3,(H,22,25)/t13-,19-/m0/s1. The molecule has 2 aromatic carbocycles. The molecule has 1 aliphatic rings. The molecule has 2 atom stereocenters. The van der Waals surface area contributed by atoms with Gasteiger partial charge in [-0.15, -0.1) is 0 Å². The van der Waals surface area contributed by atoms with Gasteiger partial charge in [0, 0.05) is 18.1 Å². The number of rotatable bonds is 6. The van der Waals surface area contributed by atoms with Crippen molar-refractivity contribution in [3.8, 4) is 5.75 Å². The third-order valence-electron chi connectivity index (χ3n) is 4.93. The lowest BCUT2D eigenvalue weighted by molar-refractivity contribution is -0.384. The molecule has 0 saturated carbocycles. The van der Waals surface area contributed by atoms with Crippen molar-refractivity contribution in [2.75, 3.05) is 32.1 Å². The second-order valence-electron chi connectivity index (χ2n) is 6.71. The quantitative estimate of drug-likeness (QED) is 0.567. The summed E-state index contributed by atoms with van der Waals surface area (Å²) in [7, 11) is 1.43. The molecule has 0 aromatic heterocycles. The van der Waals surface area contributed by atoms with Crippen molar-refractivity contribution in [1.82, 2.24) is 4.90 Å². The van der Waals surface area contributed by atoms with Crippen LogP contribution in [0.3, 0.4) is 0 Å².